The van der Waals surface area contributed by atoms with Crippen molar-refractivity contribution in [2.75, 3.05) is 0 Å². The van der Waals surface area contributed by atoms with Gasteiger partial charge in [0.2, 0.25) is 0 Å². The van der Waals surface area contributed by atoms with Crippen LogP contribution in [-0.4, -0.2) is 2.83 Å². The molecule has 0 aromatic rings. The summed E-state index contributed by atoms with van der Waals surface area (Å²) in [7, 11) is 0. The average molecular weight is 327 g/mol. The van der Waals surface area contributed by atoms with Gasteiger partial charge in [-0.05, 0) is 12.5 Å². The molecule has 0 aromatic heterocycles. The van der Waals surface area contributed by atoms with Crippen LogP contribution in [-0.2, 0) is 0 Å². The Bertz CT molecular complexity index is 162. The number of unbranched alkanes of at least 4 members (excludes halogenated alkanes) is 2. The zero-order valence-electron chi connectivity index (χ0n) is 6.61. The predicted molar refractivity (Wildman–Crippen MR) is 63.2 cm³/mol. The van der Waals surface area contributed by atoms with Crippen molar-refractivity contribution in [3.8, 4) is 11.8 Å². The van der Waals surface area contributed by atoms with Crippen LogP contribution in [0.4, 0.5) is 0 Å². The molecule has 0 aliphatic heterocycles. The lowest BCUT2D eigenvalue weighted by Gasteiger charge is -1.84. The number of alkyl halides is 2. The number of rotatable bonds is 3. The molecule has 0 aliphatic rings. The molecule has 1 unspecified atom stereocenters. The number of allylic oxidation sites excluding steroid dienone is 2. The van der Waals surface area contributed by atoms with E-state index in [4.69, 9.17) is 0 Å². The van der Waals surface area contributed by atoms with Gasteiger partial charge in [0.15, 0.2) is 0 Å². The van der Waals surface area contributed by atoms with Crippen LogP contribution in [0.2, 0.25) is 0 Å². The molecule has 0 aliphatic carbocycles. The molecular weight excluding hydrogens is 315 g/mol. The van der Waals surface area contributed by atoms with Gasteiger partial charge >= 0.3 is 0 Å². The first-order valence-electron chi connectivity index (χ1n) is 3.70. The normalized spacial score (nSPS) is 12.6. The summed E-state index contributed by atoms with van der Waals surface area (Å²) in [5.41, 5.74) is 0. The van der Waals surface area contributed by atoms with E-state index in [1.54, 1.807) is 0 Å². The van der Waals surface area contributed by atoms with Crippen LogP contribution in [0.5, 0.6) is 0 Å². The molecule has 0 heterocycles. The van der Waals surface area contributed by atoms with Gasteiger partial charge < -0.3 is 0 Å². The summed E-state index contributed by atoms with van der Waals surface area (Å²) < 4.78 is 0.403. The highest BCUT2D eigenvalue weighted by Crippen LogP contribution is 2.08. The maximum atomic E-state index is 3.39. The minimum atomic E-state index is 0.403. The maximum Gasteiger partial charge on any atom is 0.0850 e. The number of halogens is 2. The molecule has 0 nitrogen and oxygen atoms in total. The fourth-order valence-corrected chi connectivity index (χ4v) is 0.877. The summed E-state index contributed by atoms with van der Waals surface area (Å²) >= 11 is 5.66. The Morgan fingerprint density at radius 3 is 2.91 bits per heavy atom. The summed E-state index contributed by atoms with van der Waals surface area (Å²) in [5.74, 6) is 6.07. The van der Waals surface area contributed by atoms with Crippen molar-refractivity contribution in [2.24, 2.45) is 0 Å². The van der Waals surface area contributed by atoms with Crippen LogP contribution in [0.25, 0.3) is 0 Å². The molecule has 2 heteroatoms. The molecule has 0 saturated heterocycles. The van der Waals surface area contributed by atoms with E-state index in [2.05, 4.69) is 57.3 Å². The SMILES string of the molecule is CCCCC#CC=CC(Br)I. The Balaban J connectivity index is 3.39. The largest absolute Gasteiger partial charge is 0.0985 e. The number of hydrogen-bond donors (Lipinski definition) is 0. The van der Waals surface area contributed by atoms with Gasteiger partial charge in [0, 0.05) is 6.42 Å². The molecule has 0 N–H and O–H groups in total. The lowest BCUT2D eigenvalue weighted by atomic mass is 10.2. The molecule has 0 saturated carbocycles. The highest BCUT2D eigenvalue weighted by Gasteiger charge is 1.83. The summed E-state index contributed by atoms with van der Waals surface area (Å²) in [6.07, 6.45) is 7.39. The van der Waals surface area contributed by atoms with E-state index in [0.29, 0.717) is 2.83 Å². The summed E-state index contributed by atoms with van der Waals surface area (Å²) in [4.78, 5) is 0. The van der Waals surface area contributed by atoms with E-state index < -0.39 is 0 Å². The van der Waals surface area contributed by atoms with E-state index >= 15 is 0 Å². The lowest BCUT2D eigenvalue weighted by molar-refractivity contribution is 0.828. The van der Waals surface area contributed by atoms with E-state index in [9.17, 15) is 0 Å². The quantitative estimate of drug-likeness (QED) is 0.319. The second-order valence-electron chi connectivity index (χ2n) is 2.12. The van der Waals surface area contributed by atoms with Gasteiger partial charge in [0.05, 0.1) is 2.83 Å². The van der Waals surface area contributed by atoms with Gasteiger partial charge in [0.25, 0.3) is 0 Å². The minimum Gasteiger partial charge on any atom is -0.0985 e. The van der Waals surface area contributed by atoms with Crippen LogP contribution >= 0.6 is 38.5 Å². The van der Waals surface area contributed by atoms with Crippen molar-refractivity contribution in [3.63, 3.8) is 0 Å². The van der Waals surface area contributed by atoms with Crippen LogP contribution in [0.1, 0.15) is 26.2 Å². The van der Waals surface area contributed by atoms with Gasteiger partial charge in [0.1, 0.15) is 0 Å². The van der Waals surface area contributed by atoms with Gasteiger partial charge in [-0.15, -0.1) is 0 Å². The zero-order chi connectivity index (χ0) is 8.53. The maximum absolute atomic E-state index is 3.39. The van der Waals surface area contributed by atoms with Crippen LogP contribution < -0.4 is 0 Å². The van der Waals surface area contributed by atoms with Crippen molar-refractivity contribution < 1.29 is 0 Å². The minimum absolute atomic E-state index is 0.403. The third-order valence-corrected chi connectivity index (χ3v) is 1.80. The molecule has 11 heavy (non-hydrogen) atoms. The Morgan fingerprint density at radius 2 is 2.36 bits per heavy atom. The van der Waals surface area contributed by atoms with Crippen LogP contribution in [0.3, 0.4) is 0 Å². The molecule has 0 radical (unpaired) electrons. The summed E-state index contributed by atoms with van der Waals surface area (Å²) in [6, 6.07) is 0. The second-order valence-corrected chi connectivity index (χ2v) is 6.16. The average Bonchev–Trinajstić information content (AvgIpc) is 1.96. The topological polar surface area (TPSA) is 0 Å². The first-order chi connectivity index (χ1) is 5.27. The highest BCUT2D eigenvalue weighted by molar-refractivity contribution is 14.1. The molecule has 0 rings (SSSR count). The molecular formula is C9H12BrI. The lowest BCUT2D eigenvalue weighted by Crippen LogP contribution is -1.71. The second kappa shape index (κ2) is 8.61. The Kier molecular flexibility index (Phi) is 9.00. The first kappa shape index (κ1) is 11.5. The highest BCUT2D eigenvalue weighted by atomic mass is 127. The standard InChI is InChI=1S/C9H12BrI/c1-2-3-4-5-6-7-8-9(10)11/h7-9H,2-4H2,1H3. The first-order valence-corrected chi connectivity index (χ1v) is 5.86. The molecule has 0 aromatic carbocycles. The molecule has 0 bridgehead atoms. The predicted octanol–water partition coefficient (Wildman–Crippen LogP) is 3.89. The van der Waals surface area contributed by atoms with E-state index in [1.165, 1.54) is 12.8 Å². The summed E-state index contributed by atoms with van der Waals surface area (Å²) in [5, 5.41) is 0. The van der Waals surface area contributed by atoms with Crippen molar-refractivity contribution in [2.45, 2.75) is 29.0 Å². The number of hydrogen-bond acceptors (Lipinski definition) is 0. The van der Waals surface area contributed by atoms with Crippen molar-refractivity contribution in [1.82, 2.24) is 0 Å². The van der Waals surface area contributed by atoms with E-state index in [1.807, 2.05) is 12.2 Å². The fourth-order valence-electron chi connectivity index (χ4n) is 0.517. The van der Waals surface area contributed by atoms with Gasteiger partial charge in [-0.2, -0.15) is 0 Å². The van der Waals surface area contributed by atoms with Crippen molar-refractivity contribution >= 4 is 38.5 Å². The molecule has 0 fully saturated rings. The third-order valence-electron chi connectivity index (χ3n) is 1.08. The van der Waals surface area contributed by atoms with Crippen LogP contribution in [0, 0.1) is 11.8 Å². The van der Waals surface area contributed by atoms with Crippen molar-refractivity contribution in [3.05, 3.63) is 12.2 Å². The Morgan fingerprint density at radius 1 is 1.64 bits per heavy atom. The van der Waals surface area contributed by atoms with Crippen LogP contribution in [0.15, 0.2) is 12.2 Å². The molecule has 0 amide bonds. The molecule has 62 valence electrons. The Hall–Kier alpha value is 0.510. The van der Waals surface area contributed by atoms with Gasteiger partial charge in [-0.3, -0.25) is 0 Å². The summed E-state index contributed by atoms with van der Waals surface area (Å²) in [6.45, 7) is 2.18. The van der Waals surface area contributed by atoms with E-state index in [-0.39, 0.29) is 0 Å². The third kappa shape index (κ3) is 10.5. The van der Waals surface area contributed by atoms with E-state index in [0.717, 1.165) is 6.42 Å². The van der Waals surface area contributed by atoms with Crippen molar-refractivity contribution in [1.29, 1.82) is 0 Å². The molecule has 1 atom stereocenters. The fraction of sp³-hybridized carbons (Fsp3) is 0.556. The monoisotopic (exact) mass is 326 g/mol. The molecule has 0 spiro atoms. The Labute approximate surface area is 91.1 Å². The van der Waals surface area contributed by atoms with Gasteiger partial charge in [-0.1, -0.05) is 69.8 Å². The van der Waals surface area contributed by atoms with Gasteiger partial charge in [-0.25, -0.2) is 0 Å². The zero-order valence-corrected chi connectivity index (χ0v) is 10.4. The smallest absolute Gasteiger partial charge is 0.0850 e.